The van der Waals surface area contributed by atoms with E-state index in [1.54, 1.807) is 27.9 Å². The summed E-state index contributed by atoms with van der Waals surface area (Å²) in [5, 5.41) is 30.6. The molecule has 0 aromatic carbocycles. The molecule has 3 aliphatic heterocycles. The standard InChI is InChI=1S/C20H36O10/c1-9-18(23)13(24-4)8-17(27-9)29-19-10(2)28-16(6-12(19)21)30-20-11(3)26-15(22)7-14(20)25-5/h9-23H,6-8H2,1-5H3/t9-,10+,11+,12-,13+,14+,15?,16-,17+,18-,19+,20+/m0/s1. The molecule has 3 heterocycles. The predicted octanol–water partition coefficient (Wildman–Crippen LogP) is -0.0944. The van der Waals surface area contributed by atoms with Crippen molar-refractivity contribution in [2.75, 3.05) is 14.2 Å². The normalized spacial score (nSPS) is 50.4. The Hall–Kier alpha value is -0.400. The molecule has 0 aliphatic carbocycles. The van der Waals surface area contributed by atoms with Crippen molar-refractivity contribution in [1.82, 2.24) is 0 Å². The molecule has 3 N–H and O–H groups in total. The van der Waals surface area contributed by atoms with E-state index in [1.165, 1.54) is 7.11 Å². The van der Waals surface area contributed by atoms with Gasteiger partial charge in [0.25, 0.3) is 0 Å². The fraction of sp³-hybridized carbons (Fsp3) is 1.00. The first-order chi connectivity index (χ1) is 14.2. The molecule has 0 radical (unpaired) electrons. The summed E-state index contributed by atoms with van der Waals surface area (Å²) >= 11 is 0. The molecular weight excluding hydrogens is 400 g/mol. The highest BCUT2D eigenvalue weighted by Gasteiger charge is 2.45. The van der Waals surface area contributed by atoms with E-state index in [0.29, 0.717) is 12.8 Å². The highest BCUT2D eigenvalue weighted by atomic mass is 16.7. The van der Waals surface area contributed by atoms with E-state index in [0.717, 1.165) is 0 Å². The van der Waals surface area contributed by atoms with Crippen LogP contribution < -0.4 is 0 Å². The minimum atomic E-state index is -0.897. The van der Waals surface area contributed by atoms with E-state index in [4.69, 9.17) is 33.2 Å². The number of methoxy groups -OCH3 is 2. The summed E-state index contributed by atoms with van der Waals surface area (Å²) in [5.74, 6) is 0. The van der Waals surface area contributed by atoms with Gasteiger partial charge in [-0.2, -0.15) is 0 Å². The van der Waals surface area contributed by atoms with Gasteiger partial charge in [0, 0.05) is 33.5 Å². The molecule has 176 valence electrons. The zero-order valence-corrected chi connectivity index (χ0v) is 18.2. The van der Waals surface area contributed by atoms with Crippen LogP contribution in [-0.4, -0.2) is 103 Å². The molecule has 3 fully saturated rings. The van der Waals surface area contributed by atoms with Crippen molar-refractivity contribution in [1.29, 1.82) is 0 Å². The molecule has 3 saturated heterocycles. The van der Waals surface area contributed by atoms with Crippen molar-refractivity contribution in [3.63, 3.8) is 0 Å². The van der Waals surface area contributed by atoms with Gasteiger partial charge in [0.15, 0.2) is 18.9 Å². The number of ether oxygens (including phenoxy) is 7. The molecule has 0 bridgehead atoms. The van der Waals surface area contributed by atoms with E-state index in [2.05, 4.69) is 0 Å². The molecule has 0 spiro atoms. The summed E-state index contributed by atoms with van der Waals surface area (Å²) in [6, 6.07) is 0. The topological polar surface area (TPSA) is 125 Å². The third kappa shape index (κ3) is 5.50. The van der Waals surface area contributed by atoms with Crippen LogP contribution in [0.4, 0.5) is 0 Å². The molecule has 3 rings (SSSR count). The first-order valence-corrected chi connectivity index (χ1v) is 10.6. The van der Waals surface area contributed by atoms with Gasteiger partial charge >= 0.3 is 0 Å². The van der Waals surface area contributed by atoms with Crippen LogP contribution >= 0.6 is 0 Å². The Morgan fingerprint density at radius 3 is 1.87 bits per heavy atom. The highest BCUT2D eigenvalue weighted by Crippen LogP contribution is 2.32. The summed E-state index contributed by atoms with van der Waals surface area (Å²) < 4.78 is 40.0. The zero-order valence-electron chi connectivity index (χ0n) is 18.2. The number of aliphatic hydroxyl groups is 3. The lowest BCUT2D eigenvalue weighted by Crippen LogP contribution is -2.56. The summed E-state index contributed by atoms with van der Waals surface area (Å²) in [4.78, 5) is 0. The van der Waals surface area contributed by atoms with Gasteiger partial charge in [0.05, 0.1) is 36.6 Å². The maximum absolute atomic E-state index is 10.7. The second-order valence-corrected chi connectivity index (χ2v) is 8.35. The molecular formula is C20H36O10. The van der Waals surface area contributed by atoms with Crippen LogP contribution in [0.25, 0.3) is 0 Å². The summed E-state index contributed by atoms with van der Waals surface area (Å²) in [6.07, 6.45) is -6.00. The number of aliphatic hydroxyl groups excluding tert-OH is 3. The lowest BCUT2D eigenvalue weighted by Gasteiger charge is -2.44. The molecule has 0 aromatic rings. The average Bonchev–Trinajstić information content (AvgIpc) is 2.69. The third-order valence-corrected chi connectivity index (χ3v) is 6.15. The van der Waals surface area contributed by atoms with Gasteiger partial charge in [0.2, 0.25) is 0 Å². The molecule has 30 heavy (non-hydrogen) atoms. The van der Waals surface area contributed by atoms with Crippen LogP contribution in [0.3, 0.4) is 0 Å². The zero-order chi connectivity index (χ0) is 22.0. The third-order valence-electron chi connectivity index (χ3n) is 6.15. The minimum Gasteiger partial charge on any atom is -0.390 e. The quantitative estimate of drug-likeness (QED) is 0.520. The van der Waals surface area contributed by atoms with Gasteiger partial charge in [-0.15, -0.1) is 0 Å². The first kappa shape index (κ1) is 24.2. The SMILES string of the molecule is CO[C@@H]1C[C@@H](O[C@H]2[C@@H](O)C[C@H](O[C@@H]3[C@@H](C)OC(O)C[C@H]3OC)O[C@@H]2C)O[C@@H](C)[C@@H]1O. The van der Waals surface area contributed by atoms with Crippen molar-refractivity contribution in [3.05, 3.63) is 0 Å². The van der Waals surface area contributed by atoms with E-state index in [9.17, 15) is 15.3 Å². The van der Waals surface area contributed by atoms with E-state index < -0.39 is 67.7 Å². The minimum absolute atomic E-state index is 0.204. The van der Waals surface area contributed by atoms with Crippen LogP contribution in [-0.2, 0) is 33.2 Å². The van der Waals surface area contributed by atoms with Crippen molar-refractivity contribution >= 4 is 0 Å². The monoisotopic (exact) mass is 436 g/mol. The molecule has 0 saturated carbocycles. The van der Waals surface area contributed by atoms with Crippen molar-refractivity contribution in [2.24, 2.45) is 0 Å². The van der Waals surface area contributed by atoms with Crippen LogP contribution in [0.2, 0.25) is 0 Å². The second-order valence-electron chi connectivity index (χ2n) is 8.35. The predicted molar refractivity (Wildman–Crippen MR) is 102 cm³/mol. The first-order valence-electron chi connectivity index (χ1n) is 10.6. The fourth-order valence-electron chi connectivity index (χ4n) is 4.43. The summed E-state index contributed by atoms with van der Waals surface area (Å²) in [6.45, 7) is 5.36. The maximum atomic E-state index is 10.7. The lowest BCUT2D eigenvalue weighted by atomic mass is 9.99. The summed E-state index contributed by atoms with van der Waals surface area (Å²) in [5.41, 5.74) is 0. The van der Waals surface area contributed by atoms with Crippen LogP contribution in [0, 0.1) is 0 Å². The molecule has 10 nitrogen and oxygen atoms in total. The van der Waals surface area contributed by atoms with Gasteiger partial charge in [-0.3, -0.25) is 0 Å². The van der Waals surface area contributed by atoms with Gasteiger partial charge in [-0.05, 0) is 20.8 Å². The van der Waals surface area contributed by atoms with E-state index in [1.807, 2.05) is 0 Å². The Labute approximate surface area is 177 Å². The van der Waals surface area contributed by atoms with Crippen LogP contribution in [0.1, 0.15) is 40.0 Å². The lowest BCUT2D eigenvalue weighted by molar-refractivity contribution is -0.333. The van der Waals surface area contributed by atoms with Crippen molar-refractivity contribution in [3.8, 4) is 0 Å². The molecule has 3 aliphatic rings. The number of hydrogen-bond acceptors (Lipinski definition) is 10. The smallest absolute Gasteiger partial charge is 0.161 e. The molecule has 0 aromatic heterocycles. The highest BCUT2D eigenvalue weighted by molar-refractivity contribution is 4.88. The van der Waals surface area contributed by atoms with Gasteiger partial charge < -0.3 is 48.5 Å². The Balaban J connectivity index is 1.56. The van der Waals surface area contributed by atoms with Crippen molar-refractivity contribution in [2.45, 2.75) is 114 Å². The van der Waals surface area contributed by atoms with Gasteiger partial charge in [0.1, 0.15) is 18.3 Å². The molecule has 12 atom stereocenters. The Morgan fingerprint density at radius 1 is 0.667 bits per heavy atom. The molecule has 0 amide bonds. The number of rotatable bonds is 6. The second kappa shape index (κ2) is 10.5. The van der Waals surface area contributed by atoms with Crippen molar-refractivity contribution < 1.29 is 48.5 Å². The molecule has 1 unspecified atom stereocenters. The molecule has 10 heteroatoms. The Morgan fingerprint density at radius 2 is 1.23 bits per heavy atom. The van der Waals surface area contributed by atoms with E-state index in [-0.39, 0.29) is 12.5 Å². The fourth-order valence-corrected chi connectivity index (χ4v) is 4.43. The van der Waals surface area contributed by atoms with Crippen LogP contribution in [0.15, 0.2) is 0 Å². The Kier molecular flexibility index (Phi) is 8.47. The average molecular weight is 436 g/mol. The van der Waals surface area contributed by atoms with E-state index >= 15 is 0 Å². The van der Waals surface area contributed by atoms with Gasteiger partial charge in [-0.25, -0.2) is 0 Å². The van der Waals surface area contributed by atoms with Crippen LogP contribution in [0.5, 0.6) is 0 Å². The maximum Gasteiger partial charge on any atom is 0.161 e. The largest absolute Gasteiger partial charge is 0.390 e. The van der Waals surface area contributed by atoms with Gasteiger partial charge in [-0.1, -0.05) is 0 Å². The Bertz CT molecular complexity index is 524. The summed E-state index contributed by atoms with van der Waals surface area (Å²) in [7, 11) is 3.10. The number of hydrogen-bond donors (Lipinski definition) is 3.